The first-order chi connectivity index (χ1) is 23.0. The zero-order valence-corrected chi connectivity index (χ0v) is 26.8. The van der Waals surface area contributed by atoms with Crippen LogP contribution in [-0.4, -0.2) is 40.6 Å². The van der Waals surface area contributed by atoms with Crippen LogP contribution in [0.15, 0.2) is 128 Å². The number of amides is 1. The number of aliphatic hydroxyl groups is 1. The Morgan fingerprint density at radius 1 is 0.872 bits per heavy atom. The lowest BCUT2D eigenvalue weighted by Crippen LogP contribution is -2.38. The summed E-state index contributed by atoms with van der Waals surface area (Å²) < 4.78 is 13.2. The molecule has 1 saturated heterocycles. The molecule has 6 rings (SSSR count). The van der Waals surface area contributed by atoms with Gasteiger partial charge in [0, 0.05) is 43.5 Å². The largest absolute Gasteiger partial charge is 0.392 e. The van der Waals surface area contributed by atoms with Crippen LogP contribution in [0, 0.1) is 0 Å². The minimum absolute atomic E-state index is 0.0115. The molecular weight excluding hydrogens is 586 g/mol. The van der Waals surface area contributed by atoms with Gasteiger partial charge in [-0.15, -0.1) is 0 Å². The van der Waals surface area contributed by atoms with Gasteiger partial charge in [-0.05, 0) is 65.6 Å². The highest BCUT2D eigenvalue weighted by Gasteiger charge is 2.33. The van der Waals surface area contributed by atoms with Gasteiger partial charge in [0.05, 0.1) is 24.4 Å². The van der Waals surface area contributed by atoms with Gasteiger partial charge in [0.1, 0.15) is 0 Å². The molecule has 5 aromatic rings. The van der Waals surface area contributed by atoms with Gasteiger partial charge in [0.15, 0.2) is 6.29 Å². The molecule has 4 atom stereocenters. The van der Waals surface area contributed by atoms with E-state index in [2.05, 4.69) is 89.8 Å². The Balaban J connectivity index is 1.17. The standard InChI is InChI=1S/C40H41N3O4/c1-28(31-9-4-3-5-10-31)43(2)26-37-23-38(33-15-13-29(27-44)14-16-33)47-40(46-37)34-19-17-32(18-20-34)35-11-6-8-30(22-35)24-42-39(45)36-12-7-21-41-25-36/h3-22,25,28,37-38,40,44H,23-24,26-27H2,1-2H3,(H,42,45). The molecule has 1 aromatic heterocycles. The fraction of sp³-hybridized carbons (Fsp3) is 0.250. The second-order valence-corrected chi connectivity index (χ2v) is 12.1. The molecule has 0 aliphatic carbocycles. The number of carbonyl (C=O) groups is 1. The van der Waals surface area contributed by atoms with Gasteiger partial charge in [-0.3, -0.25) is 14.7 Å². The van der Waals surface area contributed by atoms with E-state index in [0.29, 0.717) is 12.1 Å². The summed E-state index contributed by atoms with van der Waals surface area (Å²) in [5, 5.41) is 12.5. The van der Waals surface area contributed by atoms with Crippen molar-refractivity contribution in [2.24, 2.45) is 0 Å². The Hall–Kier alpha value is -4.66. The molecular formula is C40H41N3O4. The maximum Gasteiger partial charge on any atom is 0.253 e. The van der Waals surface area contributed by atoms with E-state index in [9.17, 15) is 9.90 Å². The van der Waals surface area contributed by atoms with E-state index in [1.165, 1.54) is 5.56 Å². The molecule has 2 heterocycles. The zero-order chi connectivity index (χ0) is 32.6. The molecule has 1 fully saturated rings. The molecule has 47 heavy (non-hydrogen) atoms. The fourth-order valence-corrected chi connectivity index (χ4v) is 5.97. The molecule has 7 nitrogen and oxygen atoms in total. The van der Waals surface area contributed by atoms with Crippen LogP contribution in [0.5, 0.6) is 0 Å². The molecule has 240 valence electrons. The molecule has 0 spiro atoms. The summed E-state index contributed by atoms with van der Waals surface area (Å²) in [4.78, 5) is 18.9. The van der Waals surface area contributed by atoms with Crippen molar-refractivity contribution >= 4 is 5.91 Å². The van der Waals surface area contributed by atoms with Crippen LogP contribution in [-0.2, 0) is 22.6 Å². The van der Waals surface area contributed by atoms with Gasteiger partial charge in [0.2, 0.25) is 0 Å². The van der Waals surface area contributed by atoms with Crippen LogP contribution >= 0.6 is 0 Å². The molecule has 7 heteroatoms. The van der Waals surface area contributed by atoms with Gasteiger partial charge in [-0.1, -0.05) is 97.1 Å². The van der Waals surface area contributed by atoms with Crippen molar-refractivity contribution in [2.45, 2.75) is 51.0 Å². The van der Waals surface area contributed by atoms with E-state index >= 15 is 0 Å². The average Bonchev–Trinajstić information content (AvgIpc) is 3.14. The van der Waals surface area contributed by atoms with Crippen LogP contribution in [0.3, 0.4) is 0 Å². The average molecular weight is 628 g/mol. The summed E-state index contributed by atoms with van der Waals surface area (Å²) in [6, 6.07) is 38.8. The van der Waals surface area contributed by atoms with Crippen molar-refractivity contribution in [3.8, 4) is 11.1 Å². The van der Waals surface area contributed by atoms with Crippen molar-refractivity contribution in [2.75, 3.05) is 13.6 Å². The Kier molecular flexibility index (Phi) is 10.5. The summed E-state index contributed by atoms with van der Waals surface area (Å²) in [6.07, 6.45) is 3.21. The van der Waals surface area contributed by atoms with E-state index < -0.39 is 6.29 Å². The van der Waals surface area contributed by atoms with Crippen LogP contribution in [0.2, 0.25) is 0 Å². The Morgan fingerprint density at radius 3 is 2.36 bits per heavy atom. The lowest BCUT2D eigenvalue weighted by molar-refractivity contribution is -0.253. The quantitative estimate of drug-likeness (QED) is 0.159. The third-order valence-electron chi connectivity index (χ3n) is 8.87. The third kappa shape index (κ3) is 8.20. The van der Waals surface area contributed by atoms with Gasteiger partial charge in [0.25, 0.3) is 5.91 Å². The number of likely N-dealkylation sites (N-methyl/N-ethyl adjacent to an activating group) is 1. The minimum atomic E-state index is -0.528. The first-order valence-corrected chi connectivity index (χ1v) is 16.1. The maximum atomic E-state index is 12.5. The summed E-state index contributed by atoms with van der Waals surface area (Å²) in [6.45, 7) is 3.41. The zero-order valence-electron chi connectivity index (χ0n) is 26.8. The van der Waals surface area contributed by atoms with Gasteiger partial charge < -0.3 is 19.9 Å². The fourth-order valence-electron chi connectivity index (χ4n) is 5.97. The second-order valence-electron chi connectivity index (χ2n) is 12.1. The second kappa shape index (κ2) is 15.3. The lowest BCUT2D eigenvalue weighted by atomic mass is 9.98. The number of aromatic nitrogens is 1. The smallest absolute Gasteiger partial charge is 0.253 e. The molecule has 4 aromatic carbocycles. The summed E-state index contributed by atoms with van der Waals surface area (Å²) in [5.41, 5.74) is 7.84. The monoisotopic (exact) mass is 627 g/mol. The van der Waals surface area contributed by atoms with Crippen LogP contribution < -0.4 is 5.32 Å². The highest BCUT2D eigenvalue weighted by Crippen LogP contribution is 2.39. The van der Waals surface area contributed by atoms with E-state index in [1.807, 2.05) is 42.5 Å². The first kappa shape index (κ1) is 32.3. The number of hydrogen-bond acceptors (Lipinski definition) is 6. The topological polar surface area (TPSA) is 83.9 Å². The van der Waals surface area contributed by atoms with Gasteiger partial charge in [-0.2, -0.15) is 0 Å². The summed E-state index contributed by atoms with van der Waals surface area (Å²) >= 11 is 0. The maximum absolute atomic E-state index is 12.5. The molecule has 1 amide bonds. The number of ether oxygens (including phenoxy) is 2. The predicted octanol–water partition coefficient (Wildman–Crippen LogP) is 7.41. The third-order valence-corrected chi connectivity index (χ3v) is 8.87. The SMILES string of the molecule is CC(c1ccccc1)N(C)CC1CC(c2ccc(CO)cc2)OC(c2ccc(-c3cccc(CNC(=O)c4cccnc4)c3)cc2)O1. The van der Waals surface area contributed by atoms with E-state index in [-0.39, 0.29) is 30.8 Å². The Morgan fingerprint density at radius 2 is 1.64 bits per heavy atom. The molecule has 1 aliphatic rings. The lowest BCUT2D eigenvalue weighted by Gasteiger charge is -2.39. The van der Waals surface area contributed by atoms with Crippen LogP contribution in [0.1, 0.15) is 70.0 Å². The number of nitrogens with one attached hydrogen (secondary N) is 1. The van der Waals surface area contributed by atoms with E-state index in [4.69, 9.17) is 9.47 Å². The Bertz CT molecular complexity index is 1730. The Labute approximate surface area is 276 Å². The number of benzene rings is 4. The highest BCUT2D eigenvalue weighted by atomic mass is 16.7. The first-order valence-electron chi connectivity index (χ1n) is 16.1. The normalized spacial score (nSPS) is 18.5. The van der Waals surface area contributed by atoms with Gasteiger partial charge >= 0.3 is 0 Å². The number of pyridine rings is 1. The van der Waals surface area contributed by atoms with Crippen molar-refractivity contribution in [1.82, 2.24) is 15.2 Å². The van der Waals surface area contributed by atoms with Crippen molar-refractivity contribution in [1.29, 1.82) is 0 Å². The minimum Gasteiger partial charge on any atom is -0.392 e. The van der Waals surface area contributed by atoms with E-state index in [0.717, 1.165) is 46.3 Å². The number of nitrogens with zero attached hydrogens (tertiary/aromatic N) is 2. The van der Waals surface area contributed by atoms with Crippen molar-refractivity contribution in [3.05, 3.63) is 161 Å². The number of carbonyl (C=O) groups excluding carboxylic acids is 1. The molecule has 4 unspecified atom stereocenters. The molecule has 2 N–H and O–H groups in total. The summed E-state index contributed by atoms with van der Waals surface area (Å²) in [5.74, 6) is -0.151. The van der Waals surface area contributed by atoms with Crippen LogP contribution in [0.25, 0.3) is 11.1 Å². The van der Waals surface area contributed by atoms with Gasteiger partial charge in [-0.25, -0.2) is 0 Å². The van der Waals surface area contributed by atoms with E-state index in [1.54, 1.807) is 24.5 Å². The highest BCUT2D eigenvalue weighted by molar-refractivity contribution is 5.93. The number of hydrogen-bond donors (Lipinski definition) is 2. The number of aliphatic hydroxyl groups excluding tert-OH is 1. The summed E-state index contributed by atoms with van der Waals surface area (Å²) in [7, 11) is 2.14. The molecule has 0 radical (unpaired) electrons. The van der Waals surface area contributed by atoms with Crippen LogP contribution in [0.4, 0.5) is 0 Å². The predicted molar refractivity (Wildman–Crippen MR) is 183 cm³/mol. The van der Waals surface area contributed by atoms with Crippen molar-refractivity contribution < 1.29 is 19.4 Å². The molecule has 1 aliphatic heterocycles. The molecule has 0 bridgehead atoms. The molecule has 0 saturated carbocycles. The van der Waals surface area contributed by atoms with Crippen molar-refractivity contribution in [3.63, 3.8) is 0 Å². The number of rotatable bonds is 11.